The van der Waals surface area contributed by atoms with Crippen LogP contribution in [0.2, 0.25) is 0 Å². The van der Waals surface area contributed by atoms with Crippen LogP contribution in [0, 0.1) is 5.82 Å². The zero-order chi connectivity index (χ0) is 18.1. The molecule has 1 aromatic carbocycles. The van der Waals surface area contributed by atoms with Crippen molar-refractivity contribution in [3.63, 3.8) is 0 Å². The van der Waals surface area contributed by atoms with Crippen LogP contribution in [-0.4, -0.2) is 30.5 Å². The molecule has 2 aromatic rings. The summed E-state index contributed by atoms with van der Waals surface area (Å²) in [6, 6.07) is 9.91. The molecule has 1 aromatic heterocycles. The topological polar surface area (TPSA) is 45.2 Å². The molecule has 0 aliphatic heterocycles. The van der Waals surface area contributed by atoms with Crippen LogP contribution in [0.25, 0.3) is 0 Å². The van der Waals surface area contributed by atoms with Crippen molar-refractivity contribution in [1.82, 2.24) is 10.3 Å². The molecule has 1 amide bonds. The van der Waals surface area contributed by atoms with E-state index in [1.165, 1.54) is 12.1 Å². The molecule has 0 unspecified atom stereocenters. The Balaban J connectivity index is 1.94. The number of nitrogens with one attached hydrogen (secondary N) is 1. The molecule has 4 nitrogen and oxygen atoms in total. The van der Waals surface area contributed by atoms with Crippen LogP contribution in [0.3, 0.4) is 0 Å². The number of halogens is 1. The standard InChI is InChI=1S/C20H26FN3O/c1-3-13-24(14-4-2)19-15-17(10-12-22-19)20(25)23-11-9-16-5-7-18(21)8-6-16/h5-8,10,12,15H,3-4,9,11,13-14H2,1-2H3,(H,23,25). The fourth-order valence-electron chi connectivity index (χ4n) is 2.69. The molecule has 5 heteroatoms. The SMILES string of the molecule is CCCN(CCC)c1cc(C(=O)NCCc2ccc(F)cc2)ccn1. The maximum Gasteiger partial charge on any atom is 0.251 e. The van der Waals surface area contributed by atoms with Crippen LogP contribution in [-0.2, 0) is 6.42 Å². The van der Waals surface area contributed by atoms with Gasteiger partial charge in [-0.25, -0.2) is 9.37 Å². The van der Waals surface area contributed by atoms with E-state index >= 15 is 0 Å². The van der Waals surface area contributed by atoms with Gasteiger partial charge in [-0.1, -0.05) is 26.0 Å². The summed E-state index contributed by atoms with van der Waals surface area (Å²) in [5.74, 6) is 0.481. The lowest BCUT2D eigenvalue weighted by atomic mass is 10.1. The first kappa shape index (κ1) is 18.9. The van der Waals surface area contributed by atoms with E-state index in [0.29, 0.717) is 18.5 Å². The number of amides is 1. The van der Waals surface area contributed by atoms with E-state index < -0.39 is 0 Å². The molecular formula is C20H26FN3O. The van der Waals surface area contributed by atoms with Crippen molar-refractivity contribution in [2.45, 2.75) is 33.1 Å². The van der Waals surface area contributed by atoms with Crippen molar-refractivity contribution in [2.75, 3.05) is 24.5 Å². The fourth-order valence-corrected chi connectivity index (χ4v) is 2.69. The first-order valence-corrected chi connectivity index (χ1v) is 8.87. The quantitative estimate of drug-likeness (QED) is 0.753. The molecule has 0 fully saturated rings. The predicted octanol–water partition coefficient (Wildman–Crippen LogP) is 3.82. The minimum absolute atomic E-state index is 0.112. The van der Waals surface area contributed by atoms with E-state index in [0.717, 1.165) is 37.3 Å². The van der Waals surface area contributed by atoms with Crippen LogP contribution in [0.5, 0.6) is 0 Å². The molecule has 0 spiro atoms. The van der Waals surface area contributed by atoms with Crippen molar-refractivity contribution in [2.24, 2.45) is 0 Å². The lowest BCUT2D eigenvalue weighted by Gasteiger charge is -2.22. The van der Waals surface area contributed by atoms with Gasteiger partial charge in [0.1, 0.15) is 11.6 Å². The Morgan fingerprint density at radius 3 is 2.44 bits per heavy atom. The fraction of sp³-hybridized carbons (Fsp3) is 0.400. The third kappa shape index (κ3) is 5.85. The number of carbonyl (C=O) groups is 1. The number of pyridine rings is 1. The molecule has 1 heterocycles. The second-order valence-corrected chi connectivity index (χ2v) is 6.02. The molecule has 134 valence electrons. The minimum Gasteiger partial charge on any atom is -0.357 e. The monoisotopic (exact) mass is 343 g/mol. The molecule has 0 bridgehead atoms. The molecular weight excluding hydrogens is 317 g/mol. The molecule has 0 aliphatic rings. The highest BCUT2D eigenvalue weighted by Crippen LogP contribution is 2.14. The molecule has 0 radical (unpaired) electrons. The Hall–Kier alpha value is -2.43. The van der Waals surface area contributed by atoms with Gasteiger partial charge in [-0.2, -0.15) is 0 Å². The normalized spacial score (nSPS) is 10.5. The number of anilines is 1. The van der Waals surface area contributed by atoms with E-state index in [4.69, 9.17) is 0 Å². The van der Waals surface area contributed by atoms with Gasteiger partial charge < -0.3 is 10.2 Å². The maximum absolute atomic E-state index is 12.9. The summed E-state index contributed by atoms with van der Waals surface area (Å²) in [4.78, 5) is 19.0. The summed E-state index contributed by atoms with van der Waals surface area (Å²) in [5.41, 5.74) is 1.61. The van der Waals surface area contributed by atoms with Gasteiger partial charge in [0, 0.05) is 31.4 Å². The van der Waals surface area contributed by atoms with Gasteiger partial charge >= 0.3 is 0 Å². The van der Waals surface area contributed by atoms with Crippen molar-refractivity contribution in [3.8, 4) is 0 Å². The largest absolute Gasteiger partial charge is 0.357 e. The Morgan fingerprint density at radius 1 is 1.12 bits per heavy atom. The number of aromatic nitrogens is 1. The number of rotatable bonds is 9. The first-order chi connectivity index (χ1) is 12.1. The summed E-state index contributed by atoms with van der Waals surface area (Å²) >= 11 is 0. The lowest BCUT2D eigenvalue weighted by molar-refractivity contribution is 0.0954. The highest BCUT2D eigenvalue weighted by Gasteiger charge is 2.10. The first-order valence-electron chi connectivity index (χ1n) is 8.87. The average Bonchev–Trinajstić information content (AvgIpc) is 2.63. The minimum atomic E-state index is -0.249. The third-order valence-electron chi connectivity index (χ3n) is 3.93. The van der Waals surface area contributed by atoms with E-state index in [1.54, 1.807) is 24.4 Å². The Kier molecular flexibility index (Phi) is 7.38. The summed E-state index contributed by atoms with van der Waals surface area (Å²) < 4.78 is 12.9. The summed E-state index contributed by atoms with van der Waals surface area (Å²) in [5, 5.41) is 2.91. The number of hydrogen-bond donors (Lipinski definition) is 1. The van der Waals surface area contributed by atoms with Gasteiger partial charge in [0.2, 0.25) is 0 Å². The smallest absolute Gasteiger partial charge is 0.251 e. The second kappa shape index (κ2) is 9.77. The van der Waals surface area contributed by atoms with Crippen LogP contribution in [0.4, 0.5) is 10.2 Å². The van der Waals surface area contributed by atoms with Gasteiger partial charge in [-0.15, -0.1) is 0 Å². The van der Waals surface area contributed by atoms with E-state index in [9.17, 15) is 9.18 Å². The average molecular weight is 343 g/mol. The molecule has 0 saturated carbocycles. The molecule has 25 heavy (non-hydrogen) atoms. The Bertz CT molecular complexity index is 667. The maximum atomic E-state index is 12.9. The number of nitrogens with zero attached hydrogens (tertiary/aromatic N) is 2. The van der Waals surface area contributed by atoms with E-state index in [-0.39, 0.29) is 11.7 Å². The van der Waals surface area contributed by atoms with Gasteiger partial charge in [0.05, 0.1) is 0 Å². The van der Waals surface area contributed by atoms with Crippen LogP contribution < -0.4 is 10.2 Å². The number of benzene rings is 1. The Labute approximate surface area is 149 Å². The summed E-state index contributed by atoms with van der Waals surface area (Å²) in [6.07, 6.45) is 4.43. The zero-order valence-electron chi connectivity index (χ0n) is 15.0. The van der Waals surface area contributed by atoms with Crippen molar-refractivity contribution in [1.29, 1.82) is 0 Å². The predicted molar refractivity (Wildman–Crippen MR) is 99.5 cm³/mol. The lowest BCUT2D eigenvalue weighted by Crippen LogP contribution is -2.28. The highest BCUT2D eigenvalue weighted by atomic mass is 19.1. The Morgan fingerprint density at radius 2 is 1.80 bits per heavy atom. The van der Waals surface area contributed by atoms with Crippen LogP contribution in [0.1, 0.15) is 42.6 Å². The molecule has 0 atom stereocenters. The molecule has 1 N–H and O–H groups in total. The third-order valence-corrected chi connectivity index (χ3v) is 3.93. The van der Waals surface area contributed by atoms with E-state index in [1.807, 2.05) is 6.07 Å². The summed E-state index contributed by atoms with van der Waals surface area (Å²) in [7, 11) is 0. The summed E-state index contributed by atoms with van der Waals surface area (Å²) in [6.45, 7) is 6.63. The molecule has 2 rings (SSSR count). The van der Waals surface area contributed by atoms with Gasteiger partial charge in [-0.05, 0) is 49.1 Å². The van der Waals surface area contributed by atoms with Gasteiger partial charge in [-0.3, -0.25) is 4.79 Å². The van der Waals surface area contributed by atoms with Gasteiger partial charge in [0.25, 0.3) is 5.91 Å². The molecule has 0 saturated heterocycles. The number of carbonyl (C=O) groups excluding carboxylic acids is 1. The number of hydrogen-bond acceptors (Lipinski definition) is 3. The van der Waals surface area contributed by atoms with Crippen LogP contribution in [0.15, 0.2) is 42.6 Å². The van der Waals surface area contributed by atoms with Crippen LogP contribution >= 0.6 is 0 Å². The second-order valence-electron chi connectivity index (χ2n) is 6.02. The van der Waals surface area contributed by atoms with E-state index in [2.05, 4.69) is 29.0 Å². The molecule has 0 aliphatic carbocycles. The van der Waals surface area contributed by atoms with Crippen molar-refractivity contribution < 1.29 is 9.18 Å². The van der Waals surface area contributed by atoms with Gasteiger partial charge in [0.15, 0.2) is 0 Å². The van der Waals surface area contributed by atoms with Crippen molar-refractivity contribution in [3.05, 3.63) is 59.5 Å². The highest BCUT2D eigenvalue weighted by molar-refractivity contribution is 5.94. The zero-order valence-corrected chi connectivity index (χ0v) is 15.0. The van der Waals surface area contributed by atoms with Crippen molar-refractivity contribution >= 4 is 11.7 Å².